The predicted octanol–water partition coefficient (Wildman–Crippen LogP) is 2.09. The SMILES string of the molecule is CC1Cc2ccccc2C1(C)O. The summed E-state index contributed by atoms with van der Waals surface area (Å²) in [7, 11) is 0. The van der Waals surface area contributed by atoms with Gasteiger partial charge in [0.25, 0.3) is 0 Å². The van der Waals surface area contributed by atoms with Crippen molar-refractivity contribution in [3.8, 4) is 0 Å². The van der Waals surface area contributed by atoms with Crippen molar-refractivity contribution in [1.29, 1.82) is 0 Å². The van der Waals surface area contributed by atoms with Crippen molar-refractivity contribution in [2.24, 2.45) is 5.92 Å². The maximum Gasteiger partial charge on any atom is 0.0899 e. The molecule has 1 heteroatoms. The molecule has 1 aromatic carbocycles. The molecule has 0 saturated carbocycles. The van der Waals surface area contributed by atoms with Crippen LogP contribution < -0.4 is 0 Å². The van der Waals surface area contributed by atoms with Gasteiger partial charge in [0.1, 0.15) is 0 Å². The summed E-state index contributed by atoms with van der Waals surface area (Å²) in [6.07, 6.45) is 1.00. The molecule has 0 amide bonds. The second-order valence-corrected chi connectivity index (χ2v) is 3.91. The summed E-state index contributed by atoms with van der Waals surface area (Å²) in [6, 6.07) is 8.16. The Bertz CT molecular complexity index is 302. The largest absolute Gasteiger partial charge is 0.385 e. The van der Waals surface area contributed by atoms with E-state index in [-0.39, 0.29) is 0 Å². The van der Waals surface area contributed by atoms with Crippen molar-refractivity contribution in [1.82, 2.24) is 0 Å². The zero-order valence-corrected chi connectivity index (χ0v) is 7.54. The van der Waals surface area contributed by atoms with Gasteiger partial charge in [-0.05, 0) is 30.4 Å². The molecule has 1 nitrogen and oxygen atoms in total. The van der Waals surface area contributed by atoms with Gasteiger partial charge in [-0.25, -0.2) is 0 Å². The van der Waals surface area contributed by atoms with Crippen LogP contribution in [0.2, 0.25) is 0 Å². The van der Waals surface area contributed by atoms with Gasteiger partial charge >= 0.3 is 0 Å². The molecule has 0 aromatic heterocycles. The molecule has 2 atom stereocenters. The van der Waals surface area contributed by atoms with Crippen LogP contribution in [0.25, 0.3) is 0 Å². The summed E-state index contributed by atoms with van der Waals surface area (Å²) in [5, 5.41) is 10.1. The van der Waals surface area contributed by atoms with Gasteiger partial charge in [-0.1, -0.05) is 31.2 Å². The van der Waals surface area contributed by atoms with E-state index in [0.717, 1.165) is 12.0 Å². The average Bonchev–Trinajstić information content (AvgIpc) is 2.25. The van der Waals surface area contributed by atoms with Gasteiger partial charge in [-0.3, -0.25) is 0 Å². The van der Waals surface area contributed by atoms with Crippen LogP contribution in [0.4, 0.5) is 0 Å². The Morgan fingerprint density at radius 3 is 2.75 bits per heavy atom. The highest BCUT2D eigenvalue weighted by atomic mass is 16.3. The molecule has 1 N–H and O–H groups in total. The minimum Gasteiger partial charge on any atom is -0.385 e. The Labute approximate surface area is 73.0 Å². The highest BCUT2D eigenvalue weighted by molar-refractivity contribution is 5.37. The second kappa shape index (κ2) is 2.33. The van der Waals surface area contributed by atoms with E-state index in [9.17, 15) is 5.11 Å². The smallest absolute Gasteiger partial charge is 0.0899 e. The standard InChI is InChI=1S/C11H14O/c1-8-7-9-5-3-4-6-10(9)11(8,2)12/h3-6,8,12H,7H2,1-2H3. The third-order valence-electron chi connectivity index (χ3n) is 3.05. The Kier molecular flexibility index (Phi) is 1.52. The van der Waals surface area contributed by atoms with E-state index in [1.165, 1.54) is 5.56 Å². The van der Waals surface area contributed by atoms with Gasteiger partial charge in [-0.2, -0.15) is 0 Å². The lowest BCUT2D eigenvalue weighted by atomic mass is 9.91. The van der Waals surface area contributed by atoms with Crippen molar-refractivity contribution in [2.45, 2.75) is 25.9 Å². The van der Waals surface area contributed by atoms with Crippen molar-refractivity contribution in [2.75, 3.05) is 0 Å². The summed E-state index contributed by atoms with van der Waals surface area (Å²) in [4.78, 5) is 0. The van der Waals surface area contributed by atoms with Crippen molar-refractivity contribution in [3.63, 3.8) is 0 Å². The lowest BCUT2D eigenvalue weighted by molar-refractivity contribution is 0.0153. The second-order valence-electron chi connectivity index (χ2n) is 3.91. The van der Waals surface area contributed by atoms with Crippen LogP contribution >= 0.6 is 0 Å². The zero-order valence-electron chi connectivity index (χ0n) is 7.54. The topological polar surface area (TPSA) is 20.2 Å². The van der Waals surface area contributed by atoms with Crippen molar-refractivity contribution < 1.29 is 5.11 Å². The van der Waals surface area contributed by atoms with Crippen LogP contribution in [0.1, 0.15) is 25.0 Å². The number of benzene rings is 1. The Balaban J connectivity index is 2.55. The fraction of sp³-hybridized carbons (Fsp3) is 0.455. The van der Waals surface area contributed by atoms with E-state index in [2.05, 4.69) is 13.0 Å². The molecule has 1 aromatic rings. The molecule has 0 radical (unpaired) electrons. The molecule has 0 heterocycles. The van der Waals surface area contributed by atoms with Gasteiger partial charge in [-0.15, -0.1) is 0 Å². The lowest BCUT2D eigenvalue weighted by Gasteiger charge is -2.23. The van der Waals surface area contributed by atoms with Crippen LogP contribution in [0.5, 0.6) is 0 Å². The Hall–Kier alpha value is -0.820. The van der Waals surface area contributed by atoms with E-state index in [0.29, 0.717) is 5.92 Å². The normalized spacial score (nSPS) is 33.4. The minimum absolute atomic E-state index is 0.342. The molecule has 0 saturated heterocycles. The van der Waals surface area contributed by atoms with E-state index in [1.54, 1.807) is 0 Å². The van der Waals surface area contributed by atoms with Crippen LogP contribution in [-0.4, -0.2) is 5.11 Å². The Morgan fingerprint density at radius 1 is 1.42 bits per heavy atom. The lowest BCUT2D eigenvalue weighted by Crippen LogP contribution is -2.24. The number of rotatable bonds is 0. The minimum atomic E-state index is -0.614. The highest BCUT2D eigenvalue weighted by Gasteiger charge is 2.37. The van der Waals surface area contributed by atoms with Crippen LogP contribution in [0.3, 0.4) is 0 Å². The van der Waals surface area contributed by atoms with Crippen molar-refractivity contribution in [3.05, 3.63) is 35.4 Å². The van der Waals surface area contributed by atoms with E-state index in [4.69, 9.17) is 0 Å². The van der Waals surface area contributed by atoms with E-state index >= 15 is 0 Å². The summed E-state index contributed by atoms with van der Waals surface area (Å²) in [5.74, 6) is 0.342. The first-order chi connectivity index (χ1) is 5.62. The molecule has 1 aliphatic rings. The average molecular weight is 162 g/mol. The van der Waals surface area contributed by atoms with Gasteiger partial charge in [0.05, 0.1) is 5.60 Å². The van der Waals surface area contributed by atoms with Crippen LogP contribution in [0, 0.1) is 5.92 Å². The quantitative estimate of drug-likeness (QED) is 0.619. The van der Waals surface area contributed by atoms with E-state index in [1.807, 2.05) is 25.1 Å². The highest BCUT2D eigenvalue weighted by Crippen LogP contribution is 2.40. The third-order valence-corrected chi connectivity index (χ3v) is 3.05. The summed E-state index contributed by atoms with van der Waals surface area (Å²) < 4.78 is 0. The molecular weight excluding hydrogens is 148 g/mol. The summed E-state index contributed by atoms with van der Waals surface area (Å²) in [6.45, 7) is 4.00. The molecule has 12 heavy (non-hydrogen) atoms. The molecular formula is C11H14O. The summed E-state index contributed by atoms with van der Waals surface area (Å²) in [5.41, 5.74) is 1.80. The first-order valence-corrected chi connectivity index (χ1v) is 4.43. The third kappa shape index (κ3) is 0.896. The maximum atomic E-state index is 10.1. The van der Waals surface area contributed by atoms with Gasteiger partial charge < -0.3 is 5.11 Å². The fourth-order valence-electron chi connectivity index (χ4n) is 1.99. The van der Waals surface area contributed by atoms with Crippen LogP contribution in [-0.2, 0) is 12.0 Å². The first kappa shape index (κ1) is 7.81. The molecule has 0 bridgehead atoms. The fourth-order valence-corrected chi connectivity index (χ4v) is 1.99. The monoisotopic (exact) mass is 162 g/mol. The van der Waals surface area contributed by atoms with Gasteiger partial charge in [0.15, 0.2) is 0 Å². The van der Waals surface area contributed by atoms with Gasteiger partial charge in [0, 0.05) is 0 Å². The Morgan fingerprint density at radius 2 is 2.08 bits per heavy atom. The van der Waals surface area contributed by atoms with Crippen LogP contribution in [0.15, 0.2) is 24.3 Å². The molecule has 2 rings (SSSR count). The maximum absolute atomic E-state index is 10.1. The molecule has 0 aliphatic heterocycles. The zero-order chi connectivity index (χ0) is 8.77. The van der Waals surface area contributed by atoms with E-state index < -0.39 is 5.60 Å². The summed E-state index contributed by atoms with van der Waals surface area (Å²) >= 11 is 0. The molecule has 0 spiro atoms. The van der Waals surface area contributed by atoms with Gasteiger partial charge in [0.2, 0.25) is 0 Å². The predicted molar refractivity (Wildman–Crippen MR) is 48.9 cm³/mol. The molecule has 0 fully saturated rings. The first-order valence-electron chi connectivity index (χ1n) is 4.43. The number of aliphatic hydroxyl groups is 1. The molecule has 2 unspecified atom stereocenters. The van der Waals surface area contributed by atoms with Crippen molar-refractivity contribution >= 4 is 0 Å². The number of hydrogen-bond acceptors (Lipinski definition) is 1. The molecule has 1 aliphatic carbocycles. The number of hydrogen-bond donors (Lipinski definition) is 1. The number of fused-ring (bicyclic) bond motifs is 1. The molecule has 64 valence electrons.